The second-order valence-corrected chi connectivity index (χ2v) is 8.14. The minimum atomic E-state index is 0.00883. The van der Waals surface area contributed by atoms with Crippen LogP contribution in [0.1, 0.15) is 44.9 Å². The molecule has 0 aromatic carbocycles. The normalized spacial score (nSPS) is 28.3. The maximum absolute atomic E-state index is 11.9. The summed E-state index contributed by atoms with van der Waals surface area (Å²) in [4.78, 5) is 18.0. The number of aliphatic imine (C=N–C) groups is 1. The van der Waals surface area contributed by atoms with Crippen LogP contribution in [0.3, 0.4) is 0 Å². The summed E-state index contributed by atoms with van der Waals surface area (Å²) >= 11 is 0. The van der Waals surface area contributed by atoms with E-state index < -0.39 is 0 Å². The molecule has 2 atom stereocenters. The molecule has 3 fully saturated rings. The molecule has 1 saturated carbocycles. The summed E-state index contributed by atoms with van der Waals surface area (Å²) in [7, 11) is 3.52. The largest absolute Gasteiger partial charge is 0.381 e. The number of nitrogens with one attached hydrogen (secondary N) is 2. The van der Waals surface area contributed by atoms with Crippen molar-refractivity contribution in [3.05, 3.63) is 0 Å². The van der Waals surface area contributed by atoms with E-state index in [2.05, 4.69) is 15.6 Å². The van der Waals surface area contributed by atoms with Gasteiger partial charge in [0.05, 0.1) is 12.2 Å². The van der Waals surface area contributed by atoms with Crippen molar-refractivity contribution in [2.45, 2.75) is 56.6 Å². The Morgan fingerprint density at radius 2 is 2.04 bits per heavy atom. The molecule has 2 unspecified atom stereocenters. The van der Waals surface area contributed by atoms with Gasteiger partial charge in [0.2, 0.25) is 5.91 Å². The molecule has 0 bridgehead atoms. The second kappa shape index (κ2) is 9.04. The van der Waals surface area contributed by atoms with Crippen molar-refractivity contribution < 1.29 is 14.3 Å². The molecular weight excluding hydrogens is 332 g/mol. The number of likely N-dealkylation sites (N-methyl/N-ethyl adjacent to an activating group) is 1. The van der Waals surface area contributed by atoms with E-state index >= 15 is 0 Å². The van der Waals surface area contributed by atoms with Gasteiger partial charge in [0.15, 0.2) is 5.96 Å². The highest BCUT2D eigenvalue weighted by Gasteiger charge is 2.40. The number of ether oxygens (including phenoxy) is 2. The van der Waals surface area contributed by atoms with Gasteiger partial charge in [-0.2, -0.15) is 0 Å². The fraction of sp³-hybridized carbons (Fsp3) is 0.895. The van der Waals surface area contributed by atoms with Crippen LogP contribution >= 0.6 is 0 Å². The monoisotopic (exact) mass is 366 g/mol. The van der Waals surface area contributed by atoms with E-state index in [1.54, 1.807) is 19.0 Å². The van der Waals surface area contributed by atoms with E-state index in [1.807, 2.05) is 0 Å². The third kappa shape index (κ3) is 5.33. The molecular formula is C19H34N4O3. The van der Waals surface area contributed by atoms with Gasteiger partial charge >= 0.3 is 0 Å². The molecule has 26 heavy (non-hydrogen) atoms. The maximum atomic E-state index is 11.9. The van der Waals surface area contributed by atoms with Crippen molar-refractivity contribution in [1.82, 2.24) is 15.5 Å². The van der Waals surface area contributed by atoms with Crippen LogP contribution in [0.5, 0.6) is 0 Å². The molecule has 3 aliphatic rings. The van der Waals surface area contributed by atoms with Gasteiger partial charge in [-0.15, -0.1) is 0 Å². The lowest BCUT2D eigenvalue weighted by Crippen LogP contribution is -2.51. The van der Waals surface area contributed by atoms with E-state index in [0.717, 1.165) is 51.6 Å². The third-order valence-electron chi connectivity index (χ3n) is 5.80. The van der Waals surface area contributed by atoms with Gasteiger partial charge in [0, 0.05) is 45.8 Å². The van der Waals surface area contributed by atoms with Gasteiger partial charge in [0.25, 0.3) is 0 Å². The molecule has 2 aliphatic heterocycles. The number of rotatable bonds is 5. The number of carbonyl (C=O) groups excluding carboxylic acids is 1. The molecule has 1 spiro atoms. The quantitative estimate of drug-likeness (QED) is 0.564. The Hall–Kier alpha value is -1.34. The van der Waals surface area contributed by atoms with Crippen molar-refractivity contribution in [2.24, 2.45) is 10.9 Å². The van der Waals surface area contributed by atoms with Crippen LogP contribution in [0.25, 0.3) is 0 Å². The van der Waals surface area contributed by atoms with Crippen LogP contribution in [0.2, 0.25) is 0 Å². The summed E-state index contributed by atoms with van der Waals surface area (Å²) in [6, 6.07) is 0.349. The minimum absolute atomic E-state index is 0.00883. The number of nitrogens with zero attached hydrogens (tertiary/aromatic N) is 2. The molecule has 7 nitrogen and oxygen atoms in total. The Kier molecular flexibility index (Phi) is 6.75. The molecule has 0 radical (unpaired) electrons. The zero-order chi connectivity index (χ0) is 18.4. The number of carbonyl (C=O) groups is 1. The topological polar surface area (TPSA) is 75.2 Å². The molecule has 1 aliphatic carbocycles. The predicted octanol–water partition coefficient (Wildman–Crippen LogP) is 1.14. The molecule has 0 aromatic rings. The third-order valence-corrected chi connectivity index (χ3v) is 5.80. The lowest BCUT2D eigenvalue weighted by molar-refractivity contribution is -0.127. The zero-order valence-electron chi connectivity index (χ0n) is 16.3. The molecule has 2 saturated heterocycles. The van der Waals surface area contributed by atoms with Gasteiger partial charge in [-0.25, -0.2) is 4.99 Å². The van der Waals surface area contributed by atoms with Crippen molar-refractivity contribution in [3.63, 3.8) is 0 Å². The fourth-order valence-electron chi connectivity index (χ4n) is 4.14. The first-order chi connectivity index (χ1) is 12.6. The zero-order valence-corrected chi connectivity index (χ0v) is 16.3. The smallest absolute Gasteiger partial charge is 0.243 e. The standard InChI is InChI=1S/C19H34N4O3/c1-23(2)17(24)13-21-18(20-12-15-5-9-25-14-15)22-16-6-10-26-19(11-16)7-3-4-8-19/h15-16H,3-14H2,1-2H3,(H2,20,21,22). The lowest BCUT2D eigenvalue weighted by atomic mass is 9.89. The summed E-state index contributed by atoms with van der Waals surface area (Å²) in [6.07, 6.45) is 7.97. The van der Waals surface area contributed by atoms with Gasteiger partial charge < -0.3 is 25.0 Å². The summed E-state index contributed by atoms with van der Waals surface area (Å²) in [5.41, 5.74) is 0.0692. The van der Waals surface area contributed by atoms with Crippen LogP contribution in [-0.4, -0.2) is 75.4 Å². The number of hydrogen-bond donors (Lipinski definition) is 2. The summed E-state index contributed by atoms with van der Waals surface area (Å²) in [5.74, 6) is 1.27. The number of guanidine groups is 1. The van der Waals surface area contributed by atoms with Crippen molar-refractivity contribution >= 4 is 11.9 Å². The first-order valence-electron chi connectivity index (χ1n) is 10.0. The summed E-state index contributed by atoms with van der Waals surface area (Å²) in [5, 5.41) is 7.00. The lowest BCUT2D eigenvalue weighted by Gasteiger charge is -2.39. The van der Waals surface area contributed by atoms with Crippen LogP contribution in [0, 0.1) is 5.92 Å². The van der Waals surface area contributed by atoms with E-state index in [4.69, 9.17) is 9.47 Å². The summed E-state index contributed by atoms with van der Waals surface area (Å²) in [6.45, 7) is 3.44. The Morgan fingerprint density at radius 3 is 2.73 bits per heavy atom. The average molecular weight is 367 g/mol. The maximum Gasteiger partial charge on any atom is 0.243 e. The number of hydrogen-bond acceptors (Lipinski definition) is 4. The van der Waals surface area contributed by atoms with E-state index in [9.17, 15) is 4.79 Å². The van der Waals surface area contributed by atoms with Gasteiger partial charge in [0.1, 0.15) is 6.54 Å². The molecule has 3 rings (SSSR count). The Balaban J connectivity index is 1.57. The van der Waals surface area contributed by atoms with E-state index in [0.29, 0.717) is 12.0 Å². The van der Waals surface area contributed by atoms with Crippen LogP contribution in [0.15, 0.2) is 4.99 Å². The van der Waals surface area contributed by atoms with Gasteiger partial charge in [-0.05, 0) is 32.1 Å². The average Bonchev–Trinajstić information content (AvgIpc) is 3.29. The summed E-state index contributed by atoms with van der Waals surface area (Å²) < 4.78 is 11.6. The first-order valence-corrected chi connectivity index (χ1v) is 10.0. The van der Waals surface area contributed by atoms with Crippen LogP contribution < -0.4 is 10.6 Å². The van der Waals surface area contributed by atoms with Crippen molar-refractivity contribution in [3.8, 4) is 0 Å². The van der Waals surface area contributed by atoms with Crippen molar-refractivity contribution in [2.75, 3.05) is 47.0 Å². The number of amides is 1. The second-order valence-electron chi connectivity index (χ2n) is 8.14. The van der Waals surface area contributed by atoms with Crippen molar-refractivity contribution in [1.29, 1.82) is 0 Å². The molecule has 7 heteroatoms. The van der Waals surface area contributed by atoms with Crippen LogP contribution in [0.4, 0.5) is 0 Å². The SMILES string of the molecule is CN(C)C(=O)CN=C(NCC1CCOC1)NC1CCOC2(CCCC2)C1. The van der Waals surface area contributed by atoms with Gasteiger partial charge in [-0.3, -0.25) is 4.79 Å². The highest BCUT2D eigenvalue weighted by molar-refractivity contribution is 5.84. The molecule has 0 aromatic heterocycles. The fourth-order valence-corrected chi connectivity index (χ4v) is 4.14. The Morgan fingerprint density at radius 1 is 1.23 bits per heavy atom. The Labute approximate surface area is 156 Å². The van der Waals surface area contributed by atoms with Gasteiger partial charge in [-0.1, -0.05) is 12.8 Å². The molecule has 2 N–H and O–H groups in total. The minimum Gasteiger partial charge on any atom is -0.381 e. The molecule has 1 amide bonds. The highest BCUT2D eigenvalue weighted by Crippen LogP contribution is 2.39. The van der Waals surface area contributed by atoms with Crippen LogP contribution in [-0.2, 0) is 14.3 Å². The Bertz CT molecular complexity index is 497. The van der Waals surface area contributed by atoms with E-state index in [1.165, 1.54) is 25.7 Å². The predicted molar refractivity (Wildman–Crippen MR) is 101 cm³/mol. The molecule has 148 valence electrons. The highest BCUT2D eigenvalue weighted by atomic mass is 16.5. The van der Waals surface area contributed by atoms with E-state index in [-0.39, 0.29) is 18.1 Å². The molecule has 2 heterocycles. The first kappa shape index (κ1) is 19.4.